The van der Waals surface area contributed by atoms with Gasteiger partial charge in [-0.25, -0.2) is 0 Å². The molecule has 1 N–H and O–H groups in total. The van der Waals surface area contributed by atoms with E-state index in [1.165, 1.54) is 24.0 Å². The molecule has 0 heterocycles. The molecule has 3 rings (SSSR count). The Labute approximate surface area is 149 Å². The largest absolute Gasteiger partial charge is 0.497 e. The van der Waals surface area contributed by atoms with Gasteiger partial charge in [0.1, 0.15) is 11.5 Å². The van der Waals surface area contributed by atoms with Gasteiger partial charge in [0, 0.05) is 6.54 Å². The molecule has 0 atom stereocenters. The quantitative estimate of drug-likeness (QED) is 0.842. The summed E-state index contributed by atoms with van der Waals surface area (Å²) >= 11 is 0. The van der Waals surface area contributed by atoms with Crippen molar-refractivity contribution in [1.82, 2.24) is 5.32 Å². The van der Waals surface area contributed by atoms with E-state index in [2.05, 4.69) is 17.4 Å². The minimum atomic E-state index is -0.0915. The van der Waals surface area contributed by atoms with Gasteiger partial charge in [0.25, 0.3) is 5.91 Å². The number of rotatable bonds is 7. The molecule has 0 radical (unpaired) electrons. The predicted molar refractivity (Wildman–Crippen MR) is 98.3 cm³/mol. The maximum Gasteiger partial charge on any atom is 0.257 e. The SMILES string of the molecule is COc1ccc(CCNC(=O)COc2ccc3c(c2)CCCC3)cc1. The fourth-order valence-electron chi connectivity index (χ4n) is 3.14. The highest BCUT2D eigenvalue weighted by Gasteiger charge is 2.10. The molecule has 0 aromatic heterocycles. The summed E-state index contributed by atoms with van der Waals surface area (Å²) in [7, 11) is 1.65. The van der Waals surface area contributed by atoms with Crippen molar-refractivity contribution in [2.75, 3.05) is 20.3 Å². The summed E-state index contributed by atoms with van der Waals surface area (Å²) in [5.41, 5.74) is 3.95. The topological polar surface area (TPSA) is 47.6 Å². The molecule has 0 bridgehead atoms. The van der Waals surface area contributed by atoms with Gasteiger partial charge in [-0.2, -0.15) is 0 Å². The molecule has 0 saturated heterocycles. The van der Waals surface area contributed by atoms with E-state index < -0.39 is 0 Å². The van der Waals surface area contributed by atoms with Gasteiger partial charge in [0.15, 0.2) is 6.61 Å². The van der Waals surface area contributed by atoms with E-state index in [1.54, 1.807) is 7.11 Å². The van der Waals surface area contributed by atoms with Crippen molar-refractivity contribution in [2.45, 2.75) is 32.1 Å². The number of nitrogens with one attached hydrogen (secondary N) is 1. The lowest BCUT2D eigenvalue weighted by atomic mass is 9.92. The molecule has 0 aliphatic heterocycles. The Morgan fingerprint density at radius 2 is 1.72 bits per heavy atom. The molecule has 0 spiro atoms. The molecule has 0 fully saturated rings. The Morgan fingerprint density at radius 3 is 2.48 bits per heavy atom. The van der Waals surface area contributed by atoms with Crippen molar-refractivity contribution in [3.8, 4) is 11.5 Å². The van der Waals surface area contributed by atoms with Crippen molar-refractivity contribution < 1.29 is 14.3 Å². The number of aryl methyl sites for hydroxylation is 2. The van der Waals surface area contributed by atoms with E-state index in [-0.39, 0.29) is 12.5 Å². The average Bonchev–Trinajstić information content (AvgIpc) is 2.67. The van der Waals surface area contributed by atoms with Crippen LogP contribution in [0.5, 0.6) is 11.5 Å². The number of hydrogen-bond donors (Lipinski definition) is 1. The zero-order chi connectivity index (χ0) is 17.5. The zero-order valence-corrected chi connectivity index (χ0v) is 14.7. The van der Waals surface area contributed by atoms with Gasteiger partial charge in [-0.3, -0.25) is 4.79 Å². The van der Waals surface area contributed by atoms with Crippen molar-refractivity contribution in [3.05, 3.63) is 59.2 Å². The molecule has 2 aromatic rings. The van der Waals surface area contributed by atoms with Crippen LogP contribution < -0.4 is 14.8 Å². The molecule has 25 heavy (non-hydrogen) atoms. The Hall–Kier alpha value is -2.49. The van der Waals surface area contributed by atoms with E-state index in [1.807, 2.05) is 30.3 Å². The minimum Gasteiger partial charge on any atom is -0.497 e. The highest BCUT2D eigenvalue weighted by molar-refractivity contribution is 5.77. The molecule has 0 saturated carbocycles. The predicted octanol–water partition coefficient (Wildman–Crippen LogP) is 3.31. The minimum absolute atomic E-state index is 0.0569. The first kappa shape index (κ1) is 17.3. The van der Waals surface area contributed by atoms with Crippen LogP contribution in [0.2, 0.25) is 0 Å². The van der Waals surface area contributed by atoms with E-state index >= 15 is 0 Å². The van der Waals surface area contributed by atoms with Gasteiger partial charge in [-0.15, -0.1) is 0 Å². The van der Waals surface area contributed by atoms with Gasteiger partial charge < -0.3 is 14.8 Å². The standard InChI is InChI=1S/C21H25NO3/c1-24-19-9-6-16(7-10-19)12-13-22-21(23)15-25-20-11-8-17-4-2-3-5-18(17)14-20/h6-11,14H,2-5,12-13,15H2,1H3,(H,22,23). The molecule has 1 aliphatic rings. The van der Waals surface area contributed by atoms with Gasteiger partial charge in [-0.05, 0) is 73.1 Å². The van der Waals surface area contributed by atoms with Gasteiger partial charge in [0.05, 0.1) is 7.11 Å². The molecular weight excluding hydrogens is 314 g/mol. The number of benzene rings is 2. The van der Waals surface area contributed by atoms with Crippen molar-refractivity contribution in [1.29, 1.82) is 0 Å². The third-order valence-electron chi connectivity index (χ3n) is 4.58. The smallest absolute Gasteiger partial charge is 0.257 e. The van der Waals surface area contributed by atoms with E-state index in [0.29, 0.717) is 6.54 Å². The molecule has 4 heteroatoms. The Bertz CT molecular complexity index is 710. The van der Waals surface area contributed by atoms with Crippen LogP contribution >= 0.6 is 0 Å². The molecule has 132 valence electrons. The maximum atomic E-state index is 11.9. The number of amides is 1. The number of ether oxygens (including phenoxy) is 2. The fourth-order valence-corrected chi connectivity index (χ4v) is 3.14. The van der Waals surface area contributed by atoms with Gasteiger partial charge >= 0.3 is 0 Å². The van der Waals surface area contributed by atoms with Crippen molar-refractivity contribution >= 4 is 5.91 Å². The summed E-state index contributed by atoms with van der Waals surface area (Å²) in [6.45, 7) is 0.653. The van der Waals surface area contributed by atoms with Crippen LogP contribution in [0.15, 0.2) is 42.5 Å². The average molecular weight is 339 g/mol. The normalized spacial score (nSPS) is 13.0. The van der Waals surface area contributed by atoms with Crippen LogP contribution in [0.25, 0.3) is 0 Å². The summed E-state index contributed by atoms with van der Waals surface area (Å²) in [6.07, 6.45) is 5.56. The highest BCUT2D eigenvalue weighted by Crippen LogP contribution is 2.25. The summed E-state index contributed by atoms with van der Waals surface area (Å²) in [4.78, 5) is 11.9. The summed E-state index contributed by atoms with van der Waals surface area (Å²) in [5, 5.41) is 2.90. The first-order valence-corrected chi connectivity index (χ1v) is 8.89. The van der Waals surface area contributed by atoms with Crippen LogP contribution in [0.1, 0.15) is 29.5 Å². The third kappa shape index (κ3) is 4.99. The second-order valence-electron chi connectivity index (χ2n) is 6.37. The maximum absolute atomic E-state index is 11.9. The molecule has 2 aromatic carbocycles. The zero-order valence-electron chi connectivity index (χ0n) is 14.7. The summed E-state index contributed by atoms with van der Waals surface area (Å²) in [5.74, 6) is 1.53. The Kier molecular flexibility index (Phi) is 5.94. The lowest BCUT2D eigenvalue weighted by Gasteiger charge is -2.16. The van der Waals surface area contributed by atoms with E-state index in [0.717, 1.165) is 36.3 Å². The second-order valence-corrected chi connectivity index (χ2v) is 6.37. The molecule has 4 nitrogen and oxygen atoms in total. The summed E-state index contributed by atoms with van der Waals surface area (Å²) in [6, 6.07) is 14.1. The summed E-state index contributed by atoms with van der Waals surface area (Å²) < 4.78 is 10.8. The Balaban J connectivity index is 1.40. The lowest BCUT2D eigenvalue weighted by Crippen LogP contribution is -2.30. The molecular formula is C21H25NO3. The first-order valence-electron chi connectivity index (χ1n) is 8.89. The Morgan fingerprint density at radius 1 is 1.00 bits per heavy atom. The molecule has 0 unspecified atom stereocenters. The van der Waals surface area contributed by atoms with Crippen LogP contribution in [0, 0.1) is 0 Å². The van der Waals surface area contributed by atoms with Crippen LogP contribution in [-0.4, -0.2) is 26.2 Å². The number of carbonyl (C=O) groups excluding carboxylic acids is 1. The second kappa shape index (κ2) is 8.56. The monoisotopic (exact) mass is 339 g/mol. The van der Waals surface area contributed by atoms with Gasteiger partial charge in [-0.1, -0.05) is 18.2 Å². The lowest BCUT2D eigenvalue weighted by molar-refractivity contribution is -0.123. The number of hydrogen-bond acceptors (Lipinski definition) is 3. The number of carbonyl (C=O) groups is 1. The van der Waals surface area contributed by atoms with Crippen molar-refractivity contribution in [2.24, 2.45) is 0 Å². The van der Waals surface area contributed by atoms with Crippen LogP contribution in [0.4, 0.5) is 0 Å². The van der Waals surface area contributed by atoms with E-state index in [4.69, 9.17) is 9.47 Å². The van der Waals surface area contributed by atoms with Crippen molar-refractivity contribution in [3.63, 3.8) is 0 Å². The van der Waals surface area contributed by atoms with Crippen LogP contribution in [-0.2, 0) is 24.1 Å². The molecule has 1 amide bonds. The number of methoxy groups -OCH3 is 1. The van der Waals surface area contributed by atoms with Gasteiger partial charge in [0.2, 0.25) is 0 Å². The first-order chi connectivity index (χ1) is 12.2. The third-order valence-corrected chi connectivity index (χ3v) is 4.58. The fraction of sp³-hybridized carbons (Fsp3) is 0.381. The highest BCUT2D eigenvalue weighted by atomic mass is 16.5. The number of fused-ring (bicyclic) bond motifs is 1. The van der Waals surface area contributed by atoms with Crippen LogP contribution in [0.3, 0.4) is 0 Å². The molecule has 1 aliphatic carbocycles. The van der Waals surface area contributed by atoms with E-state index in [9.17, 15) is 4.79 Å².